The van der Waals surface area contributed by atoms with Crippen molar-refractivity contribution in [3.63, 3.8) is 0 Å². The fourth-order valence-corrected chi connectivity index (χ4v) is 5.31. The third-order valence-corrected chi connectivity index (χ3v) is 7.61. The third-order valence-electron chi connectivity index (χ3n) is 7.02. The summed E-state index contributed by atoms with van der Waals surface area (Å²) < 4.78 is 0. The van der Waals surface area contributed by atoms with Crippen LogP contribution in [0.3, 0.4) is 0 Å². The Morgan fingerprint density at radius 2 is 1.63 bits per heavy atom. The Labute approximate surface area is 247 Å². The van der Waals surface area contributed by atoms with Crippen LogP contribution in [0.4, 0.5) is 5.69 Å². The van der Waals surface area contributed by atoms with E-state index in [0.717, 1.165) is 11.1 Å². The second-order valence-electron chi connectivity index (χ2n) is 9.65. The predicted octanol–water partition coefficient (Wildman–Crippen LogP) is 5.37. The Morgan fingerprint density at radius 3 is 2.32 bits per heavy atom. The molecule has 1 aliphatic heterocycles. The lowest BCUT2D eigenvalue weighted by Gasteiger charge is -2.23. The molecule has 0 fully saturated rings. The summed E-state index contributed by atoms with van der Waals surface area (Å²) in [6.07, 6.45) is -0.925. The first-order valence-electron chi connectivity index (χ1n) is 12.9. The number of benzene rings is 4. The monoisotopic (exact) mass is 584 g/mol. The number of benzodiazepines with no additional fused rings is 1. The van der Waals surface area contributed by atoms with Gasteiger partial charge in [0.15, 0.2) is 0 Å². The van der Waals surface area contributed by atoms with Gasteiger partial charge in [0.2, 0.25) is 18.0 Å². The van der Waals surface area contributed by atoms with Crippen molar-refractivity contribution in [2.75, 3.05) is 11.9 Å². The molecule has 0 spiro atoms. The molecule has 0 radical (unpaired) electrons. The second kappa shape index (κ2) is 12.0. The lowest BCUT2D eigenvalue weighted by molar-refractivity contribution is -0.128. The summed E-state index contributed by atoms with van der Waals surface area (Å²) in [7, 11) is 1.65. The molecule has 0 aromatic heterocycles. The van der Waals surface area contributed by atoms with Crippen LogP contribution in [0, 0.1) is 0 Å². The van der Waals surface area contributed by atoms with E-state index in [2.05, 4.69) is 5.32 Å². The van der Waals surface area contributed by atoms with Gasteiger partial charge in [-0.15, -0.1) is 0 Å². The van der Waals surface area contributed by atoms with Crippen molar-refractivity contribution in [2.24, 2.45) is 10.7 Å². The molecular formula is C32H26Cl2N4O3. The van der Waals surface area contributed by atoms with Crippen molar-refractivity contribution in [3.05, 3.63) is 135 Å². The SMILES string of the molecule is CN1C(=O)C(NC(=O)C(Cc2ccc(Cl)cc2Cl)c2ccccc2)N=C(c2ccc(C(N)=O)cc2)c2ccccc21. The first-order valence-corrected chi connectivity index (χ1v) is 13.6. The van der Waals surface area contributed by atoms with Crippen LogP contribution in [-0.2, 0) is 16.0 Å². The molecule has 0 bridgehead atoms. The highest BCUT2D eigenvalue weighted by atomic mass is 35.5. The minimum Gasteiger partial charge on any atom is -0.366 e. The summed E-state index contributed by atoms with van der Waals surface area (Å²) in [4.78, 5) is 45.5. The molecule has 5 rings (SSSR count). The number of amides is 3. The summed E-state index contributed by atoms with van der Waals surface area (Å²) >= 11 is 12.6. The van der Waals surface area contributed by atoms with Gasteiger partial charge in [-0.25, -0.2) is 4.99 Å². The zero-order valence-electron chi connectivity index (χ0n) is 22.1. The molecule has 41 heavy (non-hydrogen) atoms. The van der Waals surface area contributed by atoms with Gasteiger partial charge in [0, 0.05) is 33.8 Å². The maximum Gasteiger partial charge on any atom is 0.272 e. The smallest absolute Gasteiger partial charge is 0.272 e. The summed E-state index contributed by atoms with van der Waals surface area (Å²) in [6.45, 7) is 0. The lowest BCUT2D eigenvalue weighted by atomic mass is 9.91. The maximum absolute atomic E-state index is 13.9. The number of anilines is 1. The maximum atomic E-state index is 13.9. The Kier molecular flexibility index (Phi) is 8.19. The lowest BCUT2D eigenvalue weighted by Crippen LogP contribution is -2.47. The van der Waals surface area contributed by atoms with Gasteiger partial charge in [0.25, 0.3) is 5.91 Å². The summed E-state index contributed by atoms with van der Waals surface area (Å²) in [5, 5.41) is 3.84. The molecule has 206 valence electrons. The molecule has 0 aliphatic carbocycles. The molecule has 3 amide bonds. The third kappa shape index (κ3) is 6.01. The fraction of sp³-hybridized carbons (Fsp3) is 0.125. The van der Waals surface area contributed by atoms with Gasteiger partial charge in [-0.2, -0.15) is 0 Å². The van der Waals surface area contributed by atoms with E-state index in [-0.39, 0.29) is 12.3 Å². The van der Waals surface area contributed by atoms with Crippen molar-refractivity contribution in [1.82, 2.24) is 5.32 Å². The average Bonchev–Trinajstić information content (AvgIpc) is 3.08. The highest BCUT2D eigenvalue weighted by Gasteiger charge is 2.33. The second-order valence-corrected chi connectivity index (χ2v) is 10.5. The van der Waals surface area contributed by atoms with E-state index in [1.54, 1.807) is 49.5 Å². The first-order chi connectivity index (χ1) is 19.7. The van der Waals surface area contributed by atoms with Gasteiger partial charge in [0.1, 0.15) is 0 Å². The number of aliphatic imine (C=N–C) groups is 1. The van der Waals surface area contributed by atoms with E-state index in [0.29, 0.717) is 38.1 Å². The molecule has 1 aliphatic rings. The van der Waals surface area contributed by atoms with Crippen molar-refractivity contribution < 1.29 is 14.4 Å². The van der Waals surface area contributed by atoms with Crippen LogP contribution in [0.2, 0.25) is 10.0 Å². The summed E-state index contributed by atoms with van der Waals surface area (Å²) in [5.41, 5.74) is 9.79. The molecule has 1 heterocycles. The summed E-state index contributed by atoms with van der Waals surface area (Å²) in [5.74, 6) is -1.99. The number of nitrogens with one attached hydrogen (secondary N) is 1. The van der Waals surface area contributed by atoms with E-state index >= 15 is 0 Å². The van der Waals surface area contributed by atoms with Gasteiger partial charge in [-0.05, 0) is 47.9 Å². The topological polar surface area (TPSA) is 105 Å². The van der Waals surface area contributed by atoms with E-state index in [1.807, 2.05) is 54.6 Å². The van der Waals surface area contributed by atoms with Crippen LogP contribution in [-0.4, -0.2) is 36.6 Å². The van der Waals surface area contributed by atoms with E-state index in [1.165, 1.54) is 4.90 Å². The Hall–Kier alpha value is -4.46. The van der Waals surface area contributed by atoms with Gasteiger partial charge in [-0.3, -0.25) is 14.4 Å². The number of fused-ring (bicyclic) bond motifs is 1. The predicted molar refractivity (Wildman–Crippen MR) is 162 cm³/mol. The minimum atomic E-state index is -1.21. The number of rotatable bonds is 7. The van der Waals surface area contributed by atoms with Crippen LogP contribution in [0.15, 0.2) is 102 Å². The summed E-state index contributed by atoms with van der Waals surface area (Å²) in [6, 6.07) is 28.5. The van der Waals surface area contributed by atoms with Crippen LogP contribution in [0.25, 0.3) is 0 Å². The van der Waals surface area contributed by atoms with Crippen molar-refractivity contribution in [2.45, 2.75) is 18.5 Å². The Bertz CT molecular complexity index is 1660. The van der Waals surface area contributed by atoms with Crippen LogP contribution < -0.4 is 16.0 Å². The molecule has 3 N–H and O–H groups in total. The number of hydrogen-bond acceptors (Lipinski definition) is 4. The van der Waals surface area contributed by atoms with Crippen LogP contribution >= 0.6 is 23.2 Å². The van der Waals surface area contributed by atoms with Gasteiger partial charge in [-0.1, -0.05) is 89.9 Å². The first kappa shape index (κ1) is 28.1. The van der Waals surface area contributed by atoms with Crippen LogP contribution in [0.1, 0.15) is 38.5 Å². The largest absolute Gasteiger partial charge is 0.366 e. The number of primary amides is 1. The molecular weight excluding hydrogens is 559 g/mol. The zero-order chi connectivity index (χ0) is 29.1. The number of hydrogen-bond donors (Lipinski definition) is 2. The molecule has 4 aromatic carbocycles. The number of carbonyl (C=O) groups is 3. The molecule has 9 heteroatoms. The molecule has 2 atom stereocenters. The zero-order valence-corrected chi connectivity index (χ0v) is 23.6. The van der Waals surface area contributed by atoms with Gasteiger partial charge >= 0.3 is 0 Å². The van der Waals surface area contributed by atoms with Crippen molar-refractivity contribution in [1.29, 1.82) is 0 Å². The standard InChI is InChI=1S/C32H26Cl2N4O3/c1-38-27-10-6-5-9-24(27)28(20-11-13-21(14-12-20)29(35)39)36-30(32(38)41)37-31(40)25(19-7-3-2-4-8-19)17-22-15-16-23(33)18-26(22)34/h2-16,18,25,30H,17H2,1H3,(H2,35,39)(H,37,40). The number of likely N-dealkylation sites (N-methyl/N-ethyl adjacent to an activating group) is 1. The highest BCUT2D eigenvalue weighted by molar-refractivity contribution is 6.35. The van der Waals surface area contributed by atoms with E-state index in [4.69, 9.17) is 33.9 Å². The van der Waals surface area contributed by atoms with Crippen molar-refractivity contribution in [3.8, 4) is 0 Å². The van der Waals surface area contributed by atoms with Gasteiger partial charge < -0.3 is 16.0 Å². The Morgan fingerprint density at radius 1 is 0.951 bits per heavy atom. The number of carbonyl (C=O) groups excluding carboxylic acids is 3. The molecule has 0 saturated carbocycles. The van der Waals surface area contributed by atoms with E-state index in [9.17, 15) is 14.4 Å². The molecule has 7 nitrogen and oxygen atoms in total. The van der Waals surface area contributed by atoms with E-state index < -0.39 is 23.9 Å². The fourth-order valence-electron chi connectivity index (χ4n) is 4.83. The van der Waals surface area contributed by atoms with Crippen LogP contribution in [0.5, 0.6) is 0 Å². The molecule has 0 saturated heterocycles. The van der Waals surface area contributed by atoms with Crippen molar-refractivity contribution >= 4 is 52.3 Å². The number of para-hydroxylation sites is 1. The highest BCUT2D eigenvalue weighted by Crippen LogP contribution is 2.30. The minimum absolute atomic E-state index is 0.286. The Balaban J connectivity index is 1.54. The number of halogens is 2. The number of nitrogens with zero attached hydrogens (tertiary/aromatic N) is 2. The number of nitrogens with two attached hydrogens (primary N) is 1. The molecule has 4 aromatic rings. The normalized spacial score (nSPS) is 15.4. The quantitative estimate of drug-likeness (QED) is 0.305. The molecule has 2 unspecified atom stereocenters. The van der Waals surface area contributed by atoms with Gasteiger partial charge in [0.05, 0.1) is 17.3 Å². The average molecular weight is 585 g/mol.